The van der Waals surface area contributed by atoms with Crippen molar-refractivity contribution in [1.82, 2.24) is 9.21 Å². The van der Waals surface area contributed by atoms with E-state index in [4.69, 9.17) is 11.6 Å². The van der Waals surface area contributed by atoms with Crippen LogP contribution in [0.1, 0.15) is 24.8 Å². The number of carbonyl (C=O) groups is 1. The zero-order valence-electron chi connectivity index (χ0n) is 16.5. The summed E-state index contributed by atoms with van der Waals surface area (Å²) < 4.78 is 27.2. The van der Waals surface area contributed by atoms with Gasteiger partial charge in [0.2, 0.25) is 15.9 Å². The molecule has 8 heteroatoms. The van der Waals surface area contributed by atoms with Gasteiger partial charge in [0.05, 0.1) is 11.4 Å². The van der Waals surface area contributed by atoms with Crippen molar-refractivity contribution >= 4 is 33.2 Å². The zero-order valence-corrected chi connectivity index (χ0v) is 18.0. The number of hydrogen-bond acceptors (Lipinski definition) is 4. The molecule has 3 rings (SSSR count). The summed E-state index contributed by atoms with van der Waals surface area (Å²) in [6.45, 7) is 1.79. The lowest BCUT2D eigenvalue weighted by atomic mass is 10.2. The van der Waals surface area contributed by atoms with Gasteiger partial charge in [0.15, 0.2) is 0 Å². The van der Waals surface area contributed by atoms with E-state index >= 15 is 0 Å². The first kappa shape index (κ1) is 21.8. The van der Waals surface area contributed by atoms with Crippen LogP contribution in [0.15, 0.2) is 53.4 Å². The maximum atomic E-state index is 12.8. The van der Waals surface area contributed by atoms with E-state index < -0.39 is 10.0 Å². The molecular weight excluding hydrogens is 410 g/mol. The van der Waals surface area contributed by atoms with Gasteiger partial charge in [0.1, 0.15) is 0 Å². The molecule has 29 heavy (non-hydrogen) atoms. The Labute approximate surface area is 177 Å². The smallest absolute Gasteiger partial charge is 0.243 e. The van der Waals surface area contributed by atoms with Gasteiger partial charge in [0.25, 0.3) is 0 Å². The Balaban J connectivity index is 1.62. The molecule has 0 unspecified atom stereocenters. The standard InChI is InChI=1S/C21H26ClN3O3S/c1-24(15-17-8-3-4-11-20(17)22)16-21(26)23-18-9-7-10-19(14-18)29(27,28)25-12-5-2-6-13-25/h3-4,7-11,14H,2,5-6,12-13,15-16H2,1H3,(H,23,26). The SMILES string of the molecule is CN(CC(=O)Nc1cccc(S(=O)(=O)N2CCCCC2)c1)Cc1ccccc1Cl. The molecule has 2 aromatic carbocycles. The van der Waals surface area contributed by atoms with E-state index in [1.807, 2.05) is 36.2 Å². The van der Waals surface area contributed by atoms with Crippen LogP contribution >= 0.6 is 11.6 Å². The zero-order chi connectivity index (χ0) is 20.9. The maximum Gasteiger partial charge on any atom is 0.243 e. The highest BCUT2D eigenvalue weighted by Crippen LogP contribution is 2.23. The average Bonchev–Trinajstić information content (AvgIpc) is 2.70. The second-order valence-corrected chi connectivity index (χ2v) is 9.65. The molecule has 0 bridgehead atoms. The van der Waals surface area contributed by atoms with Gasteiger partial charge >= 0.3 is 0 Å². The Hall–Kier alpha value is -1.93. The number of nitrogens with zero attached hydrogens (tertiary/aromatic N) is 2. The number of piperidine rings is 1. The quantitative estimate of drug-likeness (QED) is 0.721. The highest BCUT2D eigenvalue weighted by Gasteiger charge is 2.26. The fraction of sp³-hybridized carbons (Fsp3) is 0.381. The van der Waals surface area contributed by atoms with Crippen molar-refractivity contribution in [3.05, 3.63) is 59.1 Å². The van der Waals surface area contributed by atoms with Crippen molar-refractivity contribution < 1.29 is 13.2 Å². The lowest BCUT2D eigenvalue weighted by molar-refractivity contribution is -0.117. The predicted octanol–water partition coefficient (Wildman–Crippen LogP) is 3.59. The number of sulfonamides is 1. The molecule has 1 heterocycles. The summed E-state index contributed by atoms with van der Waals surface area (Å²) in [5.41, 5.74) is 1.42. The average molecular weight is 436 g/mol. The van der Waals surface area contributed by atoms with Crippen molar-refractivity contribution in [2.45, 2.75) is 30.7 Å². The van der Waals surface area contributed by atoms with Gasteiger partial charge in [0, 0.05) is 30.3 Å². The molecule has 1 N–H and O–H groups in total. The van der Waals surface area contributed by atoms with Crippen LogP contribution in [0.2, 0.25) is 5.02 Å². The molecule has 1 saturated heterocycles. The second kappa shape index (κ2) is 9.71. The number of anilines is 1. The number of hydrogen-bond donors (Lipinski definition) is 1. The molecule has 0 aliphatic carbocycles. The molecule has 6 nitrogen and oxygen atoms in total. The third-order valence-electron chi connectivity index (χ3n) is 4.88. The van der Waals surface area contributed by atoms with Gasteiger partial charge in [-0.15, -0.1) is 0 Å². The first-order chi connectivity index (χ1) is 13.9. The van der Waals surface area contributed by atoms with E-state index in [1.165, 1.54) is 10.4 Å². The molecule has 0 radical (unpaired) electrons. The van der Waals surface area contributed by atoms with Gasteiger partial charge < -0.3 is 5.32 Å². The molecule has 156 valence electrons. The summed E-state index contributed by atoms with van der Waals surface area (Å²) in [6, 6.07) is 14.0. The Morgan fingerprint density at radius 2 is 1.83 bits per heavy atom. The highest BCUT2D eigenvalue weighted by atomic mass is 35.5. The minimum atomic E-state index is -3.53. The van der Waals surface area contributed by atoms with Gasteiger partial charge in [-0.05, 0) is 49.7 Å². The minimum Gasteiger partial charge on any atom is -0.325 e. The van der Waals surface area contributed by atoms with Crippen LogP contribution in [0, 0.1) is 0 Å². The Morgan fingerprint density at radius 3 is 2.55 bits per heavy atom. The first-order valence-electron chi connectivity index (χ1n) is 9.68. The molecule has 2 aromatic rings. The number of nitrogens with one attached hydrogen (secondary N) is 1. The highest BCUT2D eigenvalue weighted by molar-refractivity contribution is 7.89. The van der Waals surface area contributed by atoms with Crippen LogP contribution in [0.3, 0.4) is 0 Å². The van der Waals surface area contributed by atoms with Crippen molar-refractivity contribution in [3.8, 4) is 0 Å². The summed E-state index contributed by atoms with van der Waals surface area (Å²) in [4.78, 5) is 14.5. The molecule has 0 atom stereocenters. The molecule has 1 amide bonds. The van der Waals surface area contributed by atoms with E-state index in [1.54, 1.807) is 18.2 Å². The first-order valence-corrected chi connectivity index (χ1v) is 11.5. The van der Waals surface area contributed by atoms with Gasteiger partial charge in [-0.1, -0.05) is 42.3 Å². The van der Waals surface area contributed by atoms with Crippen molar-refractivity contribution in [3.63, 3.8) is 0 Å². The van der Waals surface area contributed by atoms with Crippen LogP contribution in [0.4, 0.5) is 5.69 Å². The Bertz CT molecular complexity index is 959. The fourth-order valence-electron chi connectivity index (χ4n) is 3.41. The number of rotatable bonds is 7. The third-order valence-corrected chi connectivity index (χ3v) is 7.15. The topological polar surface area (TPSA) is 69.7 Å². The fourth-order valence-corrected chi connectivity index (χ4v) is 5.17. The van der Waals surface area contributed by atoms with Crippen LogP contribution in [-0.2, 0) is 21.4 Å². The summed E-state index contributed by atoms with van der Waals surface area (Å²) in [7, 11) is -1.70. The second-order valence-electron chi connectivity index (χ2n) is 7.30. The Kier molecular flexibility index (Phi) is 7.29. The van der Waals surface area contributed by atoms with Crippen LogP contribution in [0.5, 0.6) is 0 Å². The summed E-state index contributed by atoms with van der Waals surface area (Å²) in [5, 5.41) is 3.45. The largest absolute Gasteiger partial charge is 0.325 e. The third kappa shape index (κ3) is 5.79. The molecular formula is C21H26ClN3O3S. The number of likely N-dealkylation sites (N-methyl/N-ethyl adjacent to an activating group) is 1. The Morgan fingerprint density at radius 1 is 1.10 bits per heavy atom. The van der Waals surface area contributed by atoms with Gasteiger partial charge in [-0.25, -0.2) is 8.42 Å². The lowest BCUT2D eigenvalue weighted by Crippen LogP contribution is -2.35. The van der Waals surface area contributed by atoms with Gasteiger partial charge in [-0.2, -0.15) is 4.31 Å². The molecule has 1 aliphatic rings. The minimum absolute atomic E-state index is 0.161. The molecule has 0 aromatic heterocycles. The van der Waals surface area contributed by atoms with Crippen molar-refractivity contribution in [1.29, 1.82) is 0 Å². The van der Waals surface area contributed by atoms with E-state index in [9.17, 15) is 13.2 Å². The van der Waals surface area contributed by atoms with Crippen LogP contribution in [-0.4, -0.2) is 50.2 Å². The summed E-state index contributed by atoms with van der Waals surface area (Å²) in [5.74, 6) is -0.216. The van der Waals surface area contributed by atoms with E-state index in [0.717, 1.165) is 24.8 Å². The predicted molar refractivity (Wildman–Crippen MR) is 115 cm³/mol. The summed E-state index contributed by atoms with van der Waals surface area (Å²) in [6.07, 6.45) is 2.82. The molecule has 1 fully saturated rings. The van der Waals surface area contributed by atoms with Crippen molar-refractivity contribution in [2.75, 3.05) is 32.0 Å². The number of amides is 1. The van der Waals surface area contributed by atoms with Gasteiger partial charge in [-0.3, -0.25) is 9.69 Å². The normalized spacial score (nSPS) is 15.4. The summed E-state index contributed by atoms with van der Waals surface area (Å²) >= 11 is 6.17. The van der Waals surface area contributed by atoms with Crippen LogP contribution in [0.25, 0.3) is 0 Å². The molecule has 1 aliphatic heterocycles. The van der Waals surface area contributed by atoms with E-state index in [2.05, 4.69) is 5.32 Å². The molecule has 0 saturated carbocycles. The molecule has 0 spiro atoms. The number of halogens is 1. The van der Waals surface area contributed by atoms with E-state index in [0.29, 0.717) is 30.3 Å². The number of benzene rings is 2. The lowest BCUT2D eigenvalue weighted by Gasteiger charge is -2.26. The number of carbonyl (C=O) groups excluding carboxylic acids is 1. The van der Waals surface area contributed by atoms with Crippen LogP contribution < -0.4 is 5.32 Å². The monoisotopic (exact) mass is 435 g/mol. The maximum absolute atomic E-state index is 12.8. The van der Waals surface area contributed by atoms with Crippen molar-refractivity contribution in [2.24, 2.45) is 0 Å². The van der Waals surface area contributed by atoms with E-state index in [-0.39, 0.29) is 17.3 Å².